The topological polar surface area (TPSA) is 70.0 Å². The largest absolute Gasteiger partial charge is 0.452 e. The zero-order valence-electron chi connectivity index (χ0n) is 18.1. The van der Waals surface area contributed by atoms with Gasteiger partial charge in [0.15, 0.2) is 5.76 Å². The molecule has 0 aliphatic carbocycles. The summed E-state index contributed by atoms with van der Waals surface area (Å²) in [6.07, 6.45) is 3.39. The van der Waals surface area contributed by atoms with Gasteiger partial charge >= 0.3 is 6.09 Å². The van der Waals surface area contributed by atoms with Crippen LogP contribution in [0.25, 0.3) is 17.0 Å². The number of amides is 1. The van der Waals surface area contributed by atoms with E-state index in [2.05, 4.69) is 17.6 Å². The number of hydrogen-bond donors (Lipinski definition) is 0. The van der Waals surface area contributed by atoms with E-state index in [0.717, 1.165) is 23.0 Å². The molecule has 3 heterocycles. The van der Waals surface area contributed by atoms with Crippen molar-refractivity contribution in [2.45, 2.75) is 20.4 Å². The monoisotopic (exact) mass is 432 g/mol. The zero-order chi connectivity index (χ0) is 22.2. The maximum absolute atomic E-state index is 13.0. The molecule has 2 aliphatic heterocycles. The summed E-state index contributed by atoms with van der Waals surface area (Å²) in [5.74, 6) is 0.908. The molecule has 7 heteroatoms. The number of aromatic nitrogens is 1. The Kier molecular flexibility index (Phi) is 5.19. The van der Waals surface area contributed by atoms with Crippen LogP contribution >= 0.6 is 0 Å². The van der Waals surface area contributed by atoms with Crippen molar-refractivity contribution in [3.63, 3.8) is 0 Å². The van der Waals surface area contributed by atoms with Crippen LogP contribution in [0.1, 0.15) is 28.4 Å². The fourth-order valence-corrected chi connectivity index (χ4v) is 4.18. The smallest absolute Gasteiger partial charge is 0.415 e. The lowest BCUT2D eigenvalue weighted by Crippen LogP contribution is -2.42. The van der Waals surface area contributed by atoms with E-state index >= 15 is 0 Å². The van der Waals surface area contributed by atoms with E-state index in [-0.39, 0.29) is 11.5 Å². The van der Waals surface area contributed by atoms with E-state index in [1.165, 1.54) is 0 Å². The van der Waals surface area contributed by atoms with Gasteiger partial charge in [-0.3, -0.25) is 4.79 Å². The first-order chi connectivity index (χ1) is 15.6. The summed E-state index contributed by atoms with van der Waals surface area (Å²) < 4.78 is 19.0. The maximum Gasteiger partial charge on any atom is 0.415 e. The second kappa shape index (κ2) is 8.16. The maximum atomic E-state index is 13.0. The molecule has 0 unspecified atom stereocenters. The molecule has 0 bridgehead atoms. The summed E-state index contributed by atoms with van der Waals surface area (Å²) in [4.78, 5) is 27.1. The highest BCUT2D eigenvalue weighted by molar-refractivity contribution is 6.15. The zero-order valence-corrected chi connectivity index (χ0v) is 18.1. The van der Waals surface area contributed by atoms with Crippen molar-refractivity contribution >= 4 is 28.9 Å². The Morgan fingerprint density at radius 3 is 2.72 bits per heavy atom. The van der Waals surface area contributed by atoms with Gasteiger partial charge in [-0.25, -0.2) is 4.79 Å². The number of ketones is 1. The number of para-hydroxylation sites is 1. The highest BCUT2D eigenvalue weighted by Crippen LogP contribution is 2.40. The van der Waals surface area contributed by atoms with Crippen LogP contribution in [0.5, 0.6) is 11.5 Å². The number of aryl methyl sites for hydroxylation is 1. The number of Topliss-reactive ketones (excluding diaryl/α,β-unsaturated/α-hetero) is 1. The number of carbonyl (C=O) groups excluding carboxylic acids is 2. The average molecular weight is 432 g/mol. The molecular formula is C25H24N2O5. The van der Waals surface area contributed by atoms with Gasteiger partial charge in [0.1, 0.15) is 11.5 Å². The van der Waals surface area contributed by atoms with Crippen molar-refractivity contribution in [1.82, 2.24) is 9.47 Å². The molecule has 3 aromatic rings. The molecule has 164 valence electrons. The number of ether oxygens (including phenoxy) is 3. The van der Waals surface area contributed by atoms with E-state index in [4.69, 9.17) is 14.2 Å². The van der Waals surface area contributed by atoms with Crippen molar-refractivity contribution in [3.8, 4) is 11.5 Å². The molecule has 2 aliphatic rings. The normalized spacial score (nSPS) is 17.0. The third-order valence-corrected chi connectivity index (χ3v) is 5.95. The SMILES string of the molecule is CCn1cc(C=C2Oc3c(ccc(OC(=O)N4CCOCC4)c3C)C2=O)c2ccccc21. The molecule has 2 aromatic carbocycles. The highest BCUT2D eigenvalue weighted by Gasteiger charge is 2.31. The summed E-state index contributed by atoms with van der Waals surface area (Å²) in [5.41, 5.74) is 3.13. The van der Waals surface area contributed by atoms with E-state index in [0.29, 0.717) is 48.9 Å². The van der Waals surface area contributed by atoms with Crippen molar-refractivity contribution in [2.24, 2.45) is 0 Å². The lowest BCUT2D eigenvalue weighted by Gasteiger charge is -2.26. The number of carbonyl (C=O) groups is 2. The molecule has 5 rings (SSSR count). The molecule has 1 amide bonds. The molecule has 0 N–H and O–H groups in total. The van der Waals surface area contributed by atoms with Crippen molar-refractivity contribution in [1.29, 1.82) is 0 Å². The molecule has 7 nitrogen and oxygen atoms in total. The molecular weight excluding hydrogens is 408 g/mol. The second-order valence-electron chi connectivity index (χ2n) is 7.86. The Bertz CT molecular complexity index is 1250. The second-order valence-corrected chi connectivity index (χ2v) is 7.86. The molecule has 0 radical (unpaired) electrons. The number of hydrogen-bond acceptors (Lipinski definition) is 5. The molecule has 1 fully saturated rings. The van der Waals surface area contributed by atoms with Crippen LogP contribution in [-0.4, -0.2) is 47.6 Å². The van der Waals surface area contributed by atoms with E-state index < -0.39 is 6.09 Å². The van der Waals surface area contributed by atoms with Gasteiger partial charge in [-0.1, -0.05) is 18.2 Å². The minimum atomic E-state index is -0.427. The lowest BCUT2D eigenvalue weighted by molar-refractivity contribution is 0.0415. The minimum Gasteiger partial charge on any atom is -0.452 e. The van der Waals surface area contributed by atoms with Gasteiger partial charge < -0.3 is 23.7 Å². The molecule has 0 saturated carbocycles. The van der Waals surface area contributed by atoms with Gasteiger partial charge in [0.05, 0.1) is 18.8 Å². The molecule has 0 atom stereocenters. The first-order valence-corrected chi connectivity index (χ1v) is 10.8. The number of nitrogens with zero attached hydrogens (tertiary/aromatic N) is 2. The van der Waals surface area contributed by atoms with E-state index in [1.54, 1.807) is 30.0 Å². The van der Waals surface area contributed by atoms with Gasteiger partial charge in [-0.2, -0.15) is 0 Å². The standard InChI is InChI=1S/C25H24N2O5/c1-3-26-15-17(18-6-4-5-7-20(18)26)14-22-23(28)19-8-9-21(16(2)24(19)31-22)32-25(29)27-10-12-30-13-11-27/h4-9,14-15H,3,10-13H2,1-2H3. The summed E-state index contributed by atoms with van der Waals surface area (Å²) in [6, 6.07) is 11.4. The van der Waals surface area contributed by atoms with Crippen molar-refractivity contribution < 1.29 is 23.8 Å². The number of fused-ring (bicyclic) bond motifs is 2. The quantitative estimate of drug-likeness (QED) is 0.573. The molecule has 32 heavy (non-hydrogen) atoms. The first kappa shape index (κ1) is 20.3. The Balaban J connectivity index is 1.44. The van der Waals surface area contributed by atoms with Gasteiger partial charge in [-0.15, -0.1) is 0 Å². The van der Waals surface area contributed by atoms with E-state index in [1.807, 2.05) is 24.4 Å². The van der Waals surface area contributed by atoms with Crippen LogP contribution in [0.4, 0.5) is 4.79 Å². The summed E-state index contributed by atoms with van der Waals surface area (Å²) in [6.45, 7) is 6.69. The Morgan fingerprint density at radius 1 is 1.16 bits per heavy atom. The highest BCUT2D eigenvalue weighted by atomic mass is 16.6. The molecule has 1 saturated heterocycles. The first-order valence-electron chi connectivity index (χ1n) is 10.8. The van der Waals surface area contributed by atoms with Gasteiger partial charge in [0.2, 0.25) is 5.78 Å². The van der Waals surface area contributed by atoms with Gasteiger partial charge in [0.25, 0.3) is 0 Å². The van der Waals surface area contributed by atoms with Crippen LogP contribution in [0.15, 0.2) is 48.4 Å². The van der Waals surface area contributed by atoms with Crippen molar-refractivity contribution in [2.75, 3.05) is 26.3 Å². The van der Waals surface area contributed by atoms with E-state index in [9.17, 15) is 9.59 Å². The van der Waals surface area contributed by atoms with Crippen LogP contribution in [-0.2, 0) is 11.3 Å². The average Bonchev–Trinajstić information content (AvgIpc) is 3.34. The van der Waals surface area contributed by atoms with Gasteiger partial charge in [0, 0.05) is 47.9 Å². The van der Waals surface area contributed by atoms with Crippen LogP contribution in [0, 0.1) is 6.92 Å². The van der Waals surface area contributed by atoms with Crippen LogP contribution < -0.4 is 9.47 Å². The summed E-state index contributed by atoms with van der Waals surface area (Å²) >= 11 is 0. The van der Waals surface area contributed by atoms with Crippen LogP contribution in [0.2, 0.25) is 0 Å². The molecule has 1 aromatic heterocycles. The van der Waals surface area contributed by atoms with Gasteiger partial charge in [-0.05, 0) is 38.1 Å². The third kappa shape index (κ3) is 3.44. The fourth-order valence-electron chi connectivity index (χ4n) is 4.18. The predicted molar refractivity (Wildman–Crippen MR) is 120 cm³/mol. The summed E-state index contributed by atoms with van der Waals surface area (Å²) in [5, 5.41) is 1.06. The third-order valence-electron chi connectivity index (χ3n) is 5.95. The number of benzene rings is 2. The lowest BCUT2D eigenvalue weighted by atomic mass is 10.1. The summed E-state index contributed by atoms with van der Waals surface area (Å²) in [7, 11) is 0. The van der Waals surface area contributed by atoms with Crippen LogP contribution in [0.3, 0.4) is 0 Å². The number of morpholine rings is 1. The Morgan fingerprint density at radius 2 is 1.94 bits per heavy atom. The molecule has 0 spiro atoms. The number of allylic oxidation sites excluding steroid dienone is 1. The number of rotatable bonds is 3. The predicted octanol–water partition coefficient (Wildman–Crippen LogP) is 4.42. The fraction of sp³-hybridized carbons (Fsp3) is 0.280. The van der Waals surface area contributed by atoms with Crippen molar-refractivity contribution in [3.05, 3.63) is 65.0 Å². The minimum absolute atomic E-state index is 0.178. The Labute approximate surface area is 185 Å². The Hall–Kier alpha value is -3.58.